The second-order valence-corrected chi connectivity index (χ2v) is 12.1. The Hall–Kier alpha value is -3.55. The quantitative estimate of drug-likeness (QED) is 0.354. The maximum atomic E-state index is 14.5. The molecule has 3 aromatic carbocycles. The van der Waals surface area contributed by atoms with Gasteiger partial charge in [-0.05, 0) is 65.4 Å². The number of halogens is 2. The summed E-state index contributed by atoms with van der Waals surface area (Å²) in [5.74, 6) is 0.944. The largest absolute Gasteiger partial charge is 0.493 e. The SMILES string of the molecule is CCOc1ccc(C(C)(C)C)cc1C1=N[C@@H](c2ccc(Cl)cc2)[C@@H](c2ccc(Cl)cc2)N1C(=O)N1CCNC(=O)C1. The summed E-state index contributed by atoms with van der Waals surface area (Å²) in [6.07, 6.45) is 0. The first kappa shape index (κ1) is 29.0. The Balaban J connectivity index is 1.74. The molecular formula is C32H34Cl2N4O3. The van der Waals surface area contributed by atoms with Gasteiger partial charge in [0.25, 0.3) is 0 Å². The molecule has 41 heavy (non-hydrogen) atoms. The predicted octanol–water partition coefficient (Wildman–Crippen LogP) is 6.79. The van der Waals surface area contributed by atoms with Crippen molar-refractivity contribution >= 4 is 41.0 Å². The van der Waals surface area contributed by atoms with E-state index in [1.807, 2.05) is 61.5 Å². The molecule has 1 fully saturated rings. The first-order valence-electron chi connectivity index (χ1n) is 13.8. The fraction of sp³-hybridized carbons (Fsp3) is 0.344. The Morgan fingerprint density at radius 1 is 1.00 bits per heavy atom. The molecule has 0 aromatic heterocycles. The second-order valence-electron chi connectivity index (χ2n) is 11.3. The third kappa shape index (κ3) is 6.07. The highest BCUT2D eigenvalue weighted by molar-refractivity contribution is 6.30. The lowest BCUT2D eigenvalue weighted by Crippen LogP contribution is -2.55. The number of rotatable bonds is 5. The average Bonchev–Trinajstić information content (AvgIpc) is 3.33. The van der Waals surface area contributed by atoms with E-state index in [9.17, 15) is 9.59 Å². The molecule has 3 aromatic rings. The molecule has 214 valence electrons. The van der Waals surface area contributed by atoms with Gasteiger partial charge in [0.15, 0.2) is 0 Å². The van der Waals surface area contributed by atoms with Crippen LogP contribution < -0.4 is 10.1 Å². The number of amides is 3. The first-order chi connectivity index (χ1) is 19.6. The number of piperazine rings is 1. The summed E-state index contributed by atoms with van der Waals surface area (Å²) in [6.45, 7) is 9.58. The summed E-state index contributed by atoms with van der Waals surface area (Å²) in [4.78, 5) is 35.4. The standard InChI is InChI=1S/C32H34Cl2N4O3/c1-5-41-26-15-10-22(32(2,3)4)18-25(26)30-36-28(20-6-11-23(33)12-7-20)29(21-8-13-24(34)14-9-21)38(30)31(40)37-17-16-35-27(39)19-37/h6-15,18,28-29H,5,16-17,19H2,1-4H3,(H,35,39)/t28-,29+/m0/s1. The number of nitrogens with one attached hydrogen (secondary N) is 1. The zero-order valence-electron chi connectivity index (χ0n) is 23.7. The molecule has 2 atom stereocenters. The van der Waals surface area contributed by atoms with E-state index in [4.69, 9.17) is 32.9 Å². The fourth-order valence-electron chi connectivity index (χ4n) is 5.26. The number of aliphatic imine (C=N–C) groups is 1. The minimum Gasteiger partial charge on any atom is -0.493 e. The van der Waals surface area contributed by atoms with E-state index >= 15 is 0 Å². The van der Waals surface area contributed by atoms with Gasteiger partial charge in [-0.2, -0.15) is 0 Å². The summed E-state index contributed by atoms with van der Waals surface area (Å²) in [6, 6.07) is 19.8. The van der Waals surface area contributed by atoms with Crippen LogP contribution in [0, 0.1) is 0 Å². The Kier molecular flexibility index (Phi) is 8.30. The van der Waals surface area contributed by atoms with Crippen LogP contribution in [0.4, 0.5) is 4.79 Å². The molecule has 2 aliphatic heterocycles. The lowest BCUT2D eigenvalue weighted by molar-refractivity contribution is -0.123. The van der Waals surface area contributed by atoms with E-state index in [2.05, 4.69) is 38.2 Å². The molecule has 9 heteroatoms. The maximum Gasteiger partial charge on any atom is 0.326 e. The molecule has 1 N–H and O–H groups in total. The number of hydrogen-bond donors (Lipinski definition) is 1. The van der Waals surface area contributed by atoms with Gasteiger partial charge in [0, 0.05) is 23.1 Å². The molecule has 0 spiro atoms. The predicted molar refractivity (Wildman–Crippen MR) is 163 cm³/mol. The highest BCUT2D eigenvalue weighted by atomic mass is 35.5. The van der Waals surface area contributed by atoms with E-state index in [0.717, 1.165) is 22.3 Å². The van der Waals surface area contributed by atoms with Gasteiger partial charge in [0.05, 0.1) is 18.2 Å². The molecular weight excluding hydrogens is 559 g/mol. The van der Waals surface area contributed by atoms with E-state index in [-0.39, 0.29) is 23.9 Å². The van der Waals surface area contributed by atoms with Crippen LogP contribution in [-0.2, 0) is 10.2 Å². The van der Waals surface area contributed by atoms with Crippen LogP contribution in [0.15, 0.2) is 71.7 Å². The summed E-state index contributed by atoms with van der Waals surface area (Å²) in [5, 5.41) is 4.02. The molecule has 0 unspecified atom stereocenters. The van der Waals surface area contributed by atoms with Gasteiger partial charge >= 0.3 is 6.03 Å². The summed E-state index contributed by atoms with van der Waals surface area (Å²) in [5.41, 5.74) is 3.44. The molecule has 5 rings (SSSR count). The minimum atomic E-state index is -0.506. The molecule has 2 heterocycles. The van der Waals surface area contributed by atoms with E-state index in [1.54, 1.807) is 9.80 Å². The number of carbonyl (C=O) groups excluding carboxylic acids is 2. The topological polar surface area (TPSA) is 74.2 Å². The van der Waals surface area contributed by atoms with Crippen molar-refractivity contribution in [2.24, 2.45) is 4.99 Å². The maximum absolute atomic E-state index is 14.5. The Morgan fingerprint density at radius 3 is 2.22 bits per heavy atom. The van der Waals surface area contributed by atoms with Gasteiger partial charge in [0.2, 0.25) is 5.91 Å². The van der Waals surface area contributed by atoms with E-state index in [0.29, 0.717) is 41.3 Å². The number of ether oxygens (including phenoxy) is 1. The molecule has 3 amide bonds. The number of benzene rings is 3. The van der Waals surface area contributed by atoms with Gasteiger partial charge in [-0.3, -0.25) is 14.7 Å². The van der Waals surface area contributed by atoms with Crippen LogP contribution in [0.2, 0.25) is 10.0 Å². The monoisotopic (exact) mass is 592 g/mol. The Labute approximate surface area is 251 Å². The van der Waals surface area contributed by atoms with Gasteiger partial charge in [-0.15, -0.1) is 0 Å². The fourth-order valence-corrected chi connectivity index (χ4v) is 5.51. The van der Waals surface area contributed by atoms with E-state index in [1.165, 1.54) is 0 Å². The number of nitrogens with zero attached hydrogens (tertiary/aromatic N) is 3. The van der Waals surface area contributed by atoms with Gasteiger partial charge in [-0.25, -0.2) is 4.79 Å². The molecule has 1 saturated heterocycles. The molecule has 0 radical (unpaired) electrons. The highest BCUT2D eigenvalue weighted by Crippen LogP contribution is 2.46. The zero-order chi connectivity index (χ0) is 29.3. The molecule has 7 nitrogen and oxygen atoms in total. The second kappa shape index (κ2) is 11.7. The number of urea groups is 1. The van der Waals surface area contributed by atoms with Crippen molar-refractivity contribution in [3.05, 3.63) is 99.0 Å². The third-order valence-corrected chi connectivity index (χ3v) is 7.90. The lowest BCUT2D eigenvalue weighted by atomic mass is 9.86. The van der Waals surface area contributed by atoms with Crippen molar-refractivity contribution in [3.63, 3.8) is 0 Å². The van der Waals surface area contributed by atoms with Crippen molar-refractivity contribution < 1.29 is 14.3 Å². The number of hydrogen-bond acceptors (Lipinski definition) is 4. The lowest BCUT2D eigenvalue weighted by Gasteiger charge is -2.36. The van der Waals surface area contributed by atoms with Gasteiger partial charge in [0.1, 0.15) is 24.2 Å². The normalized spacial score (nSPS) is 19.2. The smallest absolute Gasteiger partial charge is 0.326 e. The molecule has 0 aliphatic carbocycles. The summed E-state index contributed by atoms with van der Waals surface area (Å²) < 4.78 is 6.09. The van der Waals surface area contributed by atoms with E-state index < -0.39 is 12.1 Å². The van der Waals surface area contributed by atoms with Crippen LogP contribution in [0.1, 0.15) is 62.0 Å². The summed E-state index contributed by atoms with van der Waals surface area (Å²) in [7, 11) is 0. The molecule has 0 bridgehead atoms. The van der Waals surface area contributed by atoms with Crippen molar-refractivity contribution in [2.45, 2.75) is 45.2 Å². The average molecular weight is 594 g/mol. The van der Waals surface area contributed by atoms with Crippen LogP contribution in [0.25, 0.3) is 0 Å². The Morgan fingerprint density at radius 2 is 1.63 bits per heavy atom. The first-order valence-corrected chi connectivity index (χ1v) is 14.5. The summed E-state index contributed by atoms with van der Waals surface area (Å²) >= 11 is 12.5. The third-order valence-electron chi connectivity index (χ3n) is 7.39. The minimum absolute atomic E-state index is 0.0259. The van der Waals surface area contributed by atoms with Crippen molar-refractivity contribution in [1.82, 2.24) is 15.1 Å². The van der Waals surface area contributed by atoms with Crippen molar-refractivity contribution in [3.8, 4) is 5.75 Å². The number of amidine groups is 1. The molecule has 0 saturated carbocycles. The van der Waals surface area contributed by atoms with Crippen molar-refractivity contribution in [2.75, 3.05) is 26.2 Å². The van der Waals surface area contributed by atoms with Crippen molar-refractivity contribution in [1.29, 1.82) is 0 Å². The van der Waals surface area contributed by atoms with Crippen LogP contribution in [0.5, 0.6) is 5.75 Å². The highest BCUT2D eigenvalue weighted by Gasteiger charge is 2.45. The number of carbonyl (C=O) groups is 2. The van der Waals surface area contributed by atoms with Gasteiger partial charge < -0.3 is 15.0 Å². The van der Waals surface area contributed by atoms with Crippen LogP contribution in [-0.4, -0.2) is 53.8 Å². The van der Waals surface area contributed by atoms with Crippen LogP contribution in [0.3, 0.4) is 0 Å². The zero-order valence-corrected chi connectivity index (χ0v) is 25.2. The van der Waals surface area contributed by atoms with Crippen LogP contribution >= 0.6 is 23.2 Å². The Bertz CT molecular complexity index is 1470. The molecule has 2 aliphatic rings. The van der Waals surface area contributed by atoms with Gasteiger partial charge in [-0.1, -0.05) is 74.3 Å².